The summed E-state index contributed by atoms with van der Waals surface area (Å²) in [5, 5.41) is 14.0. The van der Waals surface area contributed by atoms with E-state index in [2.05, 4.69) is 52.3 Å². The Labute approximate surface area is 175 Å². The van der Waals surface area contributed by atoms with E-state index in [9.17, 15) is 9.90 Å². The molecule has 1 aliphatic rings. The number of nitrogens with one attached hydrogen (secondary N) is 1. The van der Waals surface area contributed by atoms with Crippen LogP contribution in [0.25, 0.3) is 22.0 Å². The third-order valence-electron chi connectivity index (χ3n) is 5.88. The summed E-state index contributed by atoms with van der Waals surface area (Å²) in [5.74, 6) is -0.129. The standard InChI is InChI=1S/C25H23N3O2/c1-15-5-3-4-6-19(15)22-14-28(2)23-10-9-18(12-20(22)23)27-24-21(25(29)30)11-17(13-26-24)16-7-8-16/h3-6,9-14,16H,7-8H2,1-2H3,(H,26,27)(H,29,30). The molecule has 0 atom stereocenters. The molecule has 0 bridgehead atoms. The summed E-state index contributed by atoms with van der Waals surface area (Å²) < 4.78 is 2.12. The van der Waals surface area contributed by atoms with Crippen LogP contribution in [0.2, 0.25) is 0 Å². The van der Waals surface area contributed by atoms with E-state index in [1.165, 1.54) is 11.1 Å². The molecular formula is C25H23N3O2. The number of benzene rings is 2. The molecule has 0 spiro atoms. The van der Waals surface area contributed by atoms with Gasteiger partial charge < -0.3 is 15.0 Å². The van der Waals surface area contributed by atoms with Crippen LogP contribution in [0.15, 0.2) is 60.9 Å². The van der Waals surface area contributed by atoms with Crippen molar-refractivity contribution < 1.29 is 9.90 Å². The molecule has 5 heteroatoms. The summed E-state index contributed by atoms with van der Waals surface area (Å²) in [6.45, 7) is 2.11. The van der Waals surface area contributed by atoms with Gasteiger partial charge in [0.1, 0.15) is 11.4 Å². The molecule has 30 heavy (non-hydrogen) atoms. The van der Waals surface area contributed by atoms with Gasteiger partial charge in [-0.05, 0) is 66.6 Å². The Kier molecular flexibility index (Phi) is 4.31. The van der Waals surface area contributed by atoms with Crippen molar-refractivity contribution in [1.29, 1.82) is 0 Å². The Bertz CT molecular complexity index is 1290. The molecule has 5 nitrogen and oxygen atoms in total. The first-order valence-corrected chi connectivity index (χ1v) is 10.2. The van der Waals surface area contributed by atoms with Gasteiger partial charge in [-0.3, -0.25) is 0 Å². The van der Waals surface area contributed by atoms with E-state index in [4.69, 9.17) is 0 Å². The molecule has 4 aromatic rings. The van der Waals surface area contributed by atoms with Gasteiger partial charge in [0, 0.05) is 41.6 Å². The van der Waals surface area contributed by atoms with Crippen LogP contribution in [-0.2, 0) is 7.05 Å². The number of aromatic nitrogens is 2. The number of carboxylic acid groups (broad SMARTS) is 1. The Morgan fingerprint density at radius 1 is 1.13 bits per heavy atom. The Morgan fingerprint density at radius 2 is 1.93 bits per heavy atom. The number of carbonyl (C=O) groups is 1. The van der Waals surface area contributed by atoms with Crippen molar-refractivity contribution >= 4 is 28.4 Å². The summed E-state index contributed by atoms with van der Waals surface area (Å²) >= 11 is 0. The zero-order chi connectivity index (χ0) is 20.8. The average Bonchev–Trinajstić information content (AvgIpc) is 3.53. The molecule has 0 saturated heterocycles. The van der Waals surface area contributed by atoms with Crippen LogP contribution in [0.3, 0.4) is 0 Å². The van der Waals surface area contributed by atoms with Crippen molar-refractivity contribution in [2.75, 3.05) is 5.32 Å². The maximum Gasteiger partial charge on any atom is 0.339 e. The number of rotatable bonds is 5. The molecule has 5 rings (SSSR count). The van der Waals surface area contributed by atoms with E-state index in [0.717, 1.165) is 40.6 Å². The second-order valence-electron chi connectivity index (χ2n) is 8.07. The average molecular weight is 397 g/mol. The van der Waals surface area contributed by atoms with Gasteiger partial charge in [-0.15, -0.1) is 0 Å². The molecule has 150 valence electrons. The summed E-state index contributed by atoms with van der Waals surface area (Å²) in [6, 6.07) is 16.2. The Hall–Kier alpha value is -3.60. The van der Waals surface area contributed by atoms with Crippen molar-refractivity contribution in [2.45, 2.75) is 25.7 Å². The van der Waals surface area contributed by atoms with Crippen LogP contribution in [0.1, 0.15) is 40.2 Å². The SMILES string of the molecule is Cc1ccccc1-c1cn(C)c2ccc(Nc3ncc(C4CC4)cc3C(=O)O)cc12. The van der Waals surface area contributed by atoms with Crippen molar-refractivity contribution in [3.05, 3.63) is 77.6 Å². The van der Waals surface area contributed by atoms with Crippen LogP contribution < -0.4 is 5.32 Å². The minimum atomic E-state index is -0.964. The van der Waals surface area contributed by atoms with Crippen LogP contribution >= 0.6 is 0 Å². The molecule has 2 aromatic carbocycles. The molecule has 2 heterocycles. The van der Waals surface area contributed by atoms with E-state index in [-0.39, 0.29) is 5.56 Å². The number of aromatic carboxylic acids is 1. The molecule has 2 N–H and O–H groups in total. The number of nitrogens with zero attached hydrogens (tertiary/aromatic N) is 2. The normalized spacial score (nSPS) is 13.5. The quantitative estimate of drug-likeness (QED) is 0.442. The molecule has 0 amide bonds. The summed E-state index contributed by atoms with van der Waals surface area (Å²) in [7, 11) is 2.04. The topological polar surface area (TPSA) is 67.2 Å². The highest BCUT2D eigenvalue weighted by atomic mass is 16.4. The number of fused-ring (bicyclic) bond motifs is 1. The van der Waals surface area contributed by atoms with Gasteiger partial charge in [0.15, 0.2) is 0 Å². The number of hydrogen-bond donors (Lipinski definition) is 2. The largest absolute Gasteiger partial charge is 0.478 e. The summed E-state index contributed by atoms with van der Waals surface area (Å²) in [6.07, 6.45) is 6.16. The van der Waals surface area contributed by atoms with Crippen molar-refractivity contribution in [3.8, 4) is 11.1 Å². The van der Waals surface area contributed by atoms with Gasteiger partial charge in [-0.25, -0.2) is 9.78 Å². The van der Waals surface area contributed by atoms with Crippen LogP contribution in [0, 0.1) is 6.92 Å². The minimum absolute atomic E-state index is 0.215. The fourth-order valence-corrected chi connectivity index (χ4v) is 4.08. The number of hydrogen-bond acceptors (Lipinski definition) is 3. The monoisotopic (exact) mass is 397 g/mol. The van der Waals surface area contributed by atoms with E-state index in [1.54, 1.807) is 12.3 Å². The first kappa shape index (κ1) is 18.4. The van der Waals surface area contributed by atoms with Crippen molar-refractivity contribution in [2.24, 2.45) is 7.05 Å². The van der Waals surface area contributed by atoms with E-state index in [1.807, 2.05) is 25.2 Å². The smallest absolute Gasteiger partial charge is 0.339 e. The maximum absolute atomic E-state index is 11.8. The molecule has 1 saturated carbocycles. The first-order chi connectivity index (χ1) is 14.5. The number of pyridine rings is 1. The van der Waals surface area contributed by atoms with Crippen LogP contribution in [-0.4, -0.2) is 20.6 Å². The molecule has 2 aromatic heterocycles. The number of carboxylic acids is 1. The molecule has 1 fully saturated rings. The van der Waals surface area contributed by atoms with E-state index >= 15 is 0 Å². The van der Waals surface area contributed by atoms with E-state index < -0.39 is 5.97 Å². The highest BCUT2D eigenvalue weighted by Crippen LogP contribution is 2.41. The molecular weight excluding hydrogens is 374 g/mol. The fraction of sp³-hybridized carbons (Fsp3) is 0.200. The summed E-state index contributed by atoms with van der Waals surface area (Å²) in [4.78, 5) is 16.3. The lowest BCUT2D eigenvalue weighted by Gasteiger charge is -2.11. The summed E-state index contributed by atoms with van der Waals surface area (Å²) in [5.41, 5.74) is 6.73. The Balaban J connectivity index is 1.57. The number of anilines is 2. The lowest BCUT2D eigenvalue weighted by molar-refractivity contribution is 0.0697. The van der Waals surface area contributed by atoms with Gasteiger partial charge in [0.25, 0.3) is 0 Å². The third kappa shape index (κ3) is 3.22. The van der Waals surface area contributed by atoms with E-state index in [0.29, 0.717) is 11.7 Å². The second-order valence-corrected chi connectivity index (χ2v) is 8.07. The molecule has 1 aliphatic carbocycles. The zero-order valence-electron chi connectivity index (χ0n) is 17.0. The maximum atomic E-state index is 11.8. The number of aryl methyl sites for hydroxylation is 2. The van der Waals surface area contributed by atoms with Gasteiger partial charge in [0.05, 0.1) is 0 Å². The van der Waals surface area contributed by atoms with Crippen LogP contribution in [0.5, 0.6) is 0 Å². The Morgan fingerprint density at radius 3 is 2.67 bits per heavy atom. The van der Waals surface area contributed by atoms with Crippen molar-refractivity contribution in [3.63, 3.8) is 0 Å². The predicted octanol–water partition coefficient (Wildman–Crippen LogP) is 5.87. The zero-order valence-corrected chi connectivity index (χ0v) is 17.0. The minimum Gasteiger partial charge on any atom is -0.478 e. The molecule has 0 unspecified atom stereocenters. The van der Waals surface area contributed by atoms with Crippen molar-refractivity contribution in [1.82, 2.24) is 9.55 Å². The fourth-order valence-electron chi connectivity index (χ4n) is 4.08. The van der Waals surface area contributed by atoms with Gasteiger partial charge >= 0.3 is 5.97 Å². The highest BCUT2D eigenvalue weighted by molar-refractivity contribution is 5.99. The lowest BCUT2D eigenvalue weighted by Crippen LogP contribution is -2.06. The second kappa shape index (κ2) is 7.02. The first-order valence-electron chi connectivity index (χ1n) is 10.2. The van der Waals surface area contributed by atoms with Gasteiger partial charge in [0.2, 0.25) is 0 Å². The third-order valence-corrected chi connectivity index (χ3v) is 5.88. The molecule has 0 aliphatic heterocycles. The molecule has 0 radical (unpaired) electrons. The van der Waals surface area contributed by atoms with Gasteiger partial charge in [-0.2, -0.15) is 0 Å². The predicted molar refractivity (Wildman–Crippen MR) is 120 cm³/mol. The van der Waals surface area contributed by atoms with Gasteiger partial charge in [-0.1, -0.05) is 24.3 Å². The van der Waals surface area contributed by atoms with Crippen LogP contribution in [0.4, 0.5) is 11.5 Å². The highest BCUT2D eigenvalue weighted by Gasteiger charge is 2.26. The lowest BCUT2D eigenvalue weighted by atomic mass is 10.00.